The Morgan fingerprint density at radius 3 is 2.43 bits per heavy atom. The molecule has 0 atom stereocenters. The monoisotopic (exact) mass is 498 g/mol. The number of nitrogens with zero attached hydrogens (tertiary/aromatic N) is 4. The number of piperidine rings is 2. The van der Waals surface area contributed by atoms with Gasteiger partial charge in [-0.25, -0.2) is 23.5 Å². The predicted octanol–water partition coefficient (Wildman–Crippen LogP) is 4.51. The zero-order valence-corrected chi connectivity index (χ0v) is 18.9. The highest BCUT2D eigenvalue weighted by atomic mass is 19.4. The van der Waals surface area contributed by atoms with E-state index in [0.717, 1.165) is 18.2 Å². The van der Waals surface area contributed by atoms with Crippen molar-refractivity contribution in [1.82, 2.24) is 9.97 Å². The van der Waals surface area contributed by atoms with E-state index >= 15 is 0 Å². The Kier molecular flexibility index (Phi) is 6.65. The molecule has 35 heavy (non-hydrogen) atoms. The van der Waals surface area contributed by atoms with Crippen molar-refractivity contribution in [3.8, 4) is 0 Å². The largest absolute Gasteiger partial charge is 0.460 e. The van der Waals surface area contributed by atoms with Gasteiger partial charge in [-0.2, -0.15) is 13.2 Å². The molecule has 0 N–H and O–H groups in total. The molecule has 1 aromatic carbocycles. The normalized spacial score (nSPS) is 18.2. The number of hydrogen-bond donors (Lipinski definition) is 0. The Morgan fingerprint density at radius 1 is 1.09 bits per heavy atom. The molecule has 12 heteroatoms. The number of hydrogen-bond acceptors (Lipinski definition) is 6. The number of benzene rings is 1. The number of alkyl halides is 3. The van der Waals surface area contributed by atoms with Crippen LogP contribution in [-0.4, -0.2) is 47.1 Å². The van der Waals surface area contributed by atoms with Gasteiger partial charge < -0.3 is 14.5 Å². The van der Waals surface area contributed by atoms with Gasteiger partial charge in [-0.3, -0.25) is 4.79 Å². The van der Waals surface area contributed by atoms with Crippen LogP contribution >= 0.6 is 0 Å². The van der Waals surface area contributed by atoms with E-state index in [2.05, 4.69) is 9.97 Å². The van der Waals surface area contributed by atoms with E-state index in [-0.39, 0.29) is 43.5 Å². The number of carbonyl (C=O) groups is 2. The molecule has 0 saturated carbocycles. The zero-order chi connectivity index (χ0) is 25.4. The summed E-state index contributed by atoms with van der Waals surface area (Å²) in [5.74, 6) is -4.14. The summed E-state index contributed by atoms with van der Waals surface area (Å²) in [7, 11) is 0. The minimum atomic E-state index is -4.80. The third-order valence-corrected chi connectivity index (χ3v) is 6.40. The molecule has 2 aliphatic rings. The van der Waals surface area contributed by atoms with Crippen LogP contribution in [-0.2, 0) is 15.7 Å². The van der Waals surface area contributed by atoms with Gasteiger partial charge in [0.25, 0.3) is 0 Å². The molecule has 188 valence electrons. The molecule has 2 saturated heterocycles. The van der Waals surface area contributed by atoms with Crippen LogP contribution in [0.1, 0.15) is 55.3 Å². The molecule has 0 unspecified atom stereocenters. The average Bonchev–Trinajstić information content (AvgIpc) is 2.81. The van der Waals surface area contributed by atoms with E-state index in [9.17, 15) is 31.5 Å². The molecule has 4 rings (SSSR count). The van der Waals surface area contributed by atoms with Crippen LogP contribution in [0.15, 0.2) is 24.3 Å². The highest BCUT2D eigenvalue weighted by Gasteiger charge is 2.46. The third kappa shape index (κ3) is 4.92. The summed E-state index contributed by atoms with van der Waals surface area (Å²) < 4.78 is 72.5. The molecule has 2 aliphatic heterocycles. The summed E-state index contributed by atoms with van der Waals surface area (Å²) >= 11 is 0. The van der Waals surface area contributed by atoms with E-state index in [1.807, 2.05) is 0 Å². The summed E-state index contributed by atoms with van der Waals surface area (Å²) in [6.07, 6.45) is -2.60. The summed E-state index contributed by atoms with van der Waals surface area (Å²) in [6, 6.07) is 4.07. The number of anilines is 2. The molecule has 1 amide bonds. The summed E-state index contributed by atoms with van der Waals surface area (Å²) in [4.78, 5) is 35.3. The lowest BCUT2D eigenvalue weighted by molar-refractivity contribution is -0.141. The van der Waals surface area contributed by atoms with Crippen LogP contribution in [0.2, 0.25) is 0 Å². The van der Waals surface area contributed by atoms with E-state index in [1.54, 1.807) is 4.90 Å². The van der Waals surface area contributed by atoms with Crippen LogP contribution < -0.4 is 9.80 Å². The second kappa shape index (κ2) is 9.38. The molecule has 2 fully saturated rings. The Balaban J connectivity index is 1.62. The minimum absolute atomic E-state index is 0.0478. The van der Waals surface area contributed by atoms with Crippen molar-refractivity contribution in [2.24, 2.45) is 0 Å². The lowest BCUT2D eigenvalue weighted by Gasteiger charge is -2.51. The van der Waals surface area contributed by atoms with Crippen LogP contribution in [0.3, 0.4) is 0 Å². The van der Waals surface area contributed by atoms with Crippen molar-refractivity contribution >= 4 is 23.4 Å². The number of amides is 1. The standard InChI is InChI=1S/C23H23F5N4O3/c1-2-35-21(34)20-29-17(23(26,27)28)13-18(30-20)31-10-8-22(9-11-31)7-3-4-19(33)32(22)14-5-6-15(24)16(25)12-14/h5-6,12-13H,2-4,7-11H2,1H3. The second-order valence-corrected chi connectivity index (χ2v) is 8.55. The van der Waals surface area contributed by atoms with Gasteiger partial charge in [-0.1, -0.05) is 0 Å². The molecule has 0 radical (unpaired) electrons. The molecule has 0 bridgehead atoms. The van der Waals surface area contributed by atoms with Crippen molar-refractivity contribution in [3.05, 3.63) is 47.4 Å². The van der Waals surface area contributed by atoms with Crippen molar-refractivity contribution < 1.29 is 36.3 Å². The third-order valence-electron chi connectivity index (χ3n) is 6.40. The van der Waals surface area contributed by atoms with E-state index < -0.39 is 40.8 Å². The van der Waals surface area contributed by atoms with Crippen molar-refractivity contribution in [3.63, 3.8) is 0 Å². The number of aromatic nitrogens is 2. The fourth-order valence-electron chi connectivity index (χ4n) is 4.75. The topological polar surface area (TPSA) is 75.6 Å². The number of halogens is 5. The molecule has 7 nitrogen and oxygen atoms in total. The first-order valence-corrected chi connectivity index (χ1v) is 11.2. The van der Waals surface area contributed by atoms with E-state index in [0.29, 0.717) is 25.7 Å². The molecule has 0 aliphatic carbocycles. The fourth-order valence-corrected chi connectivity index (χ4v) is 4.75. The van der Waals surface area contributed by atoms with Crippen LogP contribution in [0.4, 0.5) is 33.5 Å². The van der Waals surface area contributed by atoms with Crippen LogP contribution in [0.5, 0.6) is 0 Å². The molecule has 3 heterocycles. The fraction of sp³-hybridized carbons (Fsp3) is 0.478. The van der Waals surface area contributed by atoms with Crippen LogP contribution in [0.25, 0.3) is 0 Å². The average molecular weight is 498 g/mol. The number of ether oxygens (including phenoxy) is 1. The highest BCUT2D eigenvalue weighted by Crippen LogP contribution is 2.42. The molecular weight excluding hydrogens is 475 g/mol. The first kappa shape index (κ1) is 24.8. The van der Waals surface area contributed by atoms with Gasteiger partial charge in [-0.15, -0.1) is 0 Å². The SMILES string of the molecule is CCOC(=O)c1nc(N2CCC3(CCCC(=O)N3c3ccc(F)c(F)c3)CC2)cc(C(F)(F)F)n1. The number of carbonyl (C=O) groups excluding carboxylic acids is 2. The van der Waals surface area contributed by atoms with Gasteiger partial charge in [0, 0.05) is 37.3 Å². The van der Waals surface area contributed by atoms with Crippen molar-refractivity contribution in [2.75, 3.05) is 29.5 Å². The van der Waals surface area contributed by atoms with Crippen LogP contribution in [0, 0.1) is 11.6 Å². The van der Waals surface area contributed by atoms with Gasteiger partial charge in [-0.05, 0) is 44.7 Å². The summed E-state index contributed by atoms with van der Waals surface area (Å²) in [6.45, 7) is 1.92. The van der Waals surface area contributed by atoms with Gasteiger partial charge in [0.1, 0.15) is 5.82 Å². The quantitative estimate of drug-likeness (QED) is 0.456. The first-order valence-electron chi connectivity index (χ1n) is 11.2. The Morgan fingerprint density at radius 2 is 1.80 bits per heavy atom. The Labute approximate surface area is 197 Å². The van der Waals surface area contributed by atoms with E-state index in [4.69, 9.17) is 4.74 Å². The number of esters is 1. The van der Waals surface area contributed by atoms with Gasteiger partial charge >= 0.3 is 12.1 Å². The maximum Gasteiger partial charge on any atom is 0.433 e. The molecule has 1 spiro atoms. The van der Waals surface area contributed by atoms with Crippen molar-refractivity contribution in [1.29, 1.82) is 0 Å². The smallest absolute Gasteiger partial charge is 0.433 e. The lowest BCUT2D eigenvalue weighted by Crippen LogP contribution is -2.60. The zero-order valence-electron chi connectivity index (χ0n) is 18.9. The predicted molar refractivity (Wildman–Crippen MR) is 115 cm³/mol. The number of rotatable bonds is 4. The lowest BCUT2D eigenvalue weighted by atomic mass is 9.78. The van der Waals surface area contributed by atoms with E-state index in [1.165, 1.54) is 17.9 Å². The molecule has 2 aromatic rings. The van der Waals surface area contributed by atoms with Gasteiger partial charge in [0.05, 0.1) is 12.1 Å². The highest BCUT2D eigenvalue weighted by molar-refractivity contribution is 5.95. The Bertz CT molecular complexity index is 1130. The maximum atomic E-state index is 13.9. The minimum Gasteiger partial charge on any atom is -0.460 e. The summed E-state index contributed by atoms with van der Waals surface area (Å²) in [5.41, 5.74) is -1.71. The second-order valence-electron chi connectivity index (χ2n) is 8.55. The first-order chi connectivity index (χ1) is 16.5. The summed E-state index contributed by atoms with van der Waals surface area (Å²) in [5, 5.41) is 0. The van der Waals surface area contributed by atoms with Gasteiger partial charge in [0.15, 0.2) is 17.3 Å². The van der Waals surface area contributed by atoms with Crippen molar-refractivity contribution in [2.45, 2.75) is 50.7 Å². The molecular formula is C23H23F5N4O3. The molecule has 1 aromatic heterocycles. The Hall–Kier alpha value is -3.31. The maximum absolute atomic E-state index is 13.9. The van der Waals surface area contributed by atoms with Gasteiger partial charge in [0.2, 0.25) is 11.7 Å².